The van der Waals surface area contributed by atoms with Crippen molar-refractivity contribution >= 4 is 0 Å². The van der Waals surface area contributed by atoms with Crippen LogP contribution in [-0.4, -0.2) is 54.1 Å². The Bertz CT molecular complexity index is 242. The Morgan fingerprint density at radius 2 is 2.00 bits per heavy atom. The number of piperidine rings is 1. The van der Waals surface area contributed by atoms with Crippen LogP contribution in [0.25, 0.3) is 0 Å². The Morgan fingerprint density at radius 1 is 1.24 bits per heavy atom. The zero-order valence-electron chi connectivity index (χ0n) is 11.7. The predicted molar refractivity (Wildman–Crippen MR) is 73.1 cm³/mol. The largest absolute Gasteiger partial charge is 0.329 e. The van der Waals surface area contributed by atoms with E-state index in [2.05, 4.69) is 30.6 Å². The minimum Gasteiger partial charge on any atom is -0.329 e. The second-order valence-electron chi connectivity index (χ2n) is 6.29. The maximum absolute atomic E-state index is 5.96. The summed E-state index contributed by atoms with van der Waals surface area (Å²) < 4.78 is 0. The maximum Gasteiger partial charge on any atom is 0.0238 e. The molecule has 2 aliphatic rings. The van der Waals surface area contributed by atoms with Gasteiger partial charge in [0.25, 0.3) is 0 Å². The van der Waals surface area contributed by atoms with Crippen molar-refractivity contribution in [3.8, 4) is 0 Å². The van der Waals surface area contributed by atoms with Crippen molar-refractivity contribution in [3.05, 3.63) is 0 Å². The first kappa shape index (κ1) is 13.3. The summed E-state index contributed by atoms with van der Waals surface area (Å²) in [7, 11) is 0. The van der Waals surface area contributed by atoms with E-state index in [4.69, 9.17) is 5.73 Å². The molecule has 17 heavy (non-hydrogen) atoms. The van der Waals surface area contributed by atoms with E-state index in [1.54, 1.807) is 0 Å². The molecular weight excluding hydrogens is 210 g/mol. The van der Waals surface area contributed by atoms with E-state index >= 15 is 0 Å². The molecule has 0 aromatic carbocycles. The lowest BCUT2D eigenvalue weighted by atomic mass is 9.91. The molecule has 0 bridgehead atoms. The Labute approximate surface area is 106 Å². The Balaban J connectivity index is 1.93. The van der Waals surface area contributed by atoms with Gasteiger partial charge in [0, 0.05) is 37.8 Å². The molecule has 2 fully saturated rings. The zero-order chi connectivity index (χ0) is 12.4. The van der Waals surface area contributed by atoms with Crippen LogP contribution in [0.5, 0.6) is 0 Å². The molecule has 2 saturated heterocycles. The first-order valence-corrected chi connectivity index (χ1v) is 7.31. The lowest BCUT2D eigenvalue weighted by Gasteiger charge is -2.41. The van der Waals surface area contributed by atoms with Crippen molar-refractivity contribution in [3.63, 3.8) is 0 Å². The second-order valence-corrected chi connectivity index (χ2v) is 6.29. The molecule has 2 aliphatic heterocycles. The molecule has 2 rings (SSSR count). The van der Waals surface area contributed by atoms with E-state index in [1.807, 2.05) is 0 Å². The molecular formula is C14H29N3. The standard InChI is InChI=1S/C14H29N3/c1-11(2)16-6-5-13(10-16)17-7-4-12(3)8-14(17)9-15/h11-14H,4-10,15H2,1-3H3. The summed E-state index contributed by atoms with van der Waals surface area (Å²) in [6.07, 6.45) is 3.99. The molecule has 3 nitrogen and oxygen atoms in total. The summed E-state index contributed by atoms with van der Waals surface area (Å²) >= 11 is 0. The van der Waals surface area contributed by atoms with Gasteiger partial charge in [-0.1, -0.05) is 6.92 Å². The first-order chi connectivity index (χ1) is 8.11. The van der Waals surface area contributed by atoms with E-state index in [1.165, 1.54) is 38.9 Å². The molecule has 3 heteroatoms. The van der Waals surface area contributed by atoms with Crippen LogP contribution < -0.4 is 5.73 Å². The number of hydrogen-bond acceptors (Lipinski definition) is 3. The van der Waals surface area contributed by atoms with Gasteiger partial charge in [0.1, 0.15) is 0 Å². The monoisotopic (exact) mass is 239 g/mol. The van der Waals surface area contributed by atoms with E-state index in [-0.39, 0.29) is 0 Å². The molecule has 2 heterocycles. The van der Waals surface area contributed by atoms with Crippen molar-refractivity contribution in [2.45, 2.75) is 58.2 Å². The first-order valence-electron chi connectivity index (χ1n) is 7.31. The summed E-state index contributed by atoms with van der Waals surface area (Å²) in [6.45, 7) is 11.6. The molecule has 3 atom stereocenters. The van der Waals surface area contributed by atoms with Crippen molar-refractivity contribution in [1.29, 1.82) is 0 Å². The van der Waals surface area contributed by atoms with Gasteiger partial charge in [-0.15, -0.1) is 0 Å². The van der Waals surface area contributed by atoms with Gasteiger partial charge in [0.15, 0.2) is 0 Å². The number of nitrogens with zero attached hydrogens (tertiary/aromatic N) is 2. The van der Waals surface area contributed by atoms with Gasteiger partial charge in [0.05, 0.1) is 0 Å². The fourth-order valence-electron chi connectivity index (χ4n) is 3.49. The van der Waals surface area contributed by atoms with Crippen LogP contribution in [-0.2, 0) is 0 Å². The fourth-order valence-corrected chi connectivity index (χ4v) is 3.49. The van der Waals surface area contributed by atoms with Gasteiger partial charge in [-0.25, -0.2) is 0 Å². The van der Waals surface area contributed by atoms with Gasteiger partial charge in [-0.3, -0.25) is 9.80 Å². The average molecular weight is 239 g/mol. The van der Waals surface area contributed by atoms with Gasteiger partial charge in [-0.2, -0.15) is 0 Å². The summed E-state index contributed by atoms with van der Waals surface area (Å²) in [5, 5.41) is 0. The van der Waals surface area contributed by atoms with Crippen LogP contribution in [0.2, 0.25) is 0 Å². The third-order valence-electron chi connectivity index (χ3n) is 4.69. The molecule has 3 unspecified atom stereocenters. The van der Waals surface area contributed by atoms with Gasteiger partial charge in [-0.05, 0) is 45.6 Å². The van der Waals surface area contributed by atoms with Crippen LogP contribution in [0, 0.1) is 5.92 Å². The maximum atomic E-state index is 5.96. The predicted octanol–water partition coefficient (Wildman–Crippen LogP) is 1.53. The average Bonchev–Trinajstić information content (AvgIpc) is 2.78. The smallest absolute Gasteiger partial charge is 0.0238 e. The molecule has 0 radical (unpaired) electrons. The highest BCUT2D eigenvalue weighted by Crippen LogP contribution is 2.27. The van der Waals surface area contributed by atoms with E-state index < -0.39 is 0 Å². The number of hydrogen-bond donors (Lipinski definition) is 1. The second kappa shape index (κ2) is 5.68. The third kappa shape index (κ3) is 3.01. The molecule has 0 aromatic heterocycles. The lowest BCUT2D eigenvalue weighted by molar-refractivity contribution is 0.0767. The quantitative estimate of drug-likeness (QED) is 0.810. The third-order valence-corrected chi connectivity index (χ3v) is 4.69. The molecule has 0 spiro atoms. The molecule has 2 N–H and O–H groups in total. The summed E-state index contributed by atoms with van der Waals surface area (Å²) in [4.78, 5) is 5.32. The Hall–Kier alpha value is -0.120. The lowest BCUT2D eigenvalue weighted by Crippen LogP contribution is -2.52. The van der Waals surface area contributed by atoms with Crippen LogP contribution in [0.4, 0.5) is 0 Å². The Kier molecular flexibility index (Phi) is 4.45. The van der Waals surface area contributed by atoms with Crippen molar-refractivity contribution < 1.29 is 0 Å². The van der Waals surface area contributed by atoms with Crippen LogP contribution in [0.3, 0.4) is 0 Å². The molecule has 100 valence electrons. The van der Waals surface area contributed by atoms with E-state index in [9.17, 15) is 0 Å². The van der Waals surface area contributed by atoms with E-state index in [0.29, 0.717) is 12.1 Å². The van der Waals surface area contributed by atoms with E-state index in [0.717, 1.165) is 18.5 Å². The minimum absolute atomic E-state index is 0.635. The van der Waals surface area contributed by atoms with Crippen LogP contribution in [0.1, 0.15) is 40.0 Å². The van der Waals surface area contributed by atoms with Gasteiger partial charge >= 0.3 is 0 Å². The summed E-state index contributed by atoms with van der Waals surface area (Å²) in [5.41, 5.74) is 5.96. The van der Waals surface area contributed by atoms with Gasteiger partial charge < -0.3 is 5.73 Å². The highest BCUT2D eigenvalue weighted by molar-refractivity contribution is 4.91. The molecule has 0 aromatic rings. The number of nitrogens with two attached hydrogens (primary N) is 1. The van der Waals surface area contributed by atoms with Crippen molar-refractivity contribution in [2.24, 2.45) is 11.7 Å². The van der Waals surface area contributed by atoms with Crippen LogP contribution >= 0.6 is 0 Å². The molecule has 0 amide bonds. The normalized spacial score (nSPS) is 36.9. The highest BCUT2D eigenvalue weighted by atomic mass is 15.3. The number of likely N-dealkylation sites (tertiary alicyclic amines) is 2. The van der Waals surface area contributed by atoms with Gasteiger partial charge in [0.2, 0.25) is 0 Å². The molecule has 0 saturated carbocycles. The zero-order valence-corrected chi connectivity index (χ0v) is 11.7. The summed E-state index contributed by atoms with van der Waals surface area (Å²) in [5.74, 6) is 0.863. The van der Waals surface area contributed by atoms with Crippen molar-refractivity contribution in [2.75, 3.05) is 26.2 Å². The minimum atomic E-state index is 0.635. The highest BCUT2D eigenvalue weighted by Gasteiger charge is 2.34. The summed E-state index contributed by atoms with van der Waals surface area (Å²) in [6, 6.07) is 2.09. The SMILES string of the molecule is CC1CCN(C2CCN(C(C)C)C2)C(CN)C1. The fraction of sp³-hybridized carbons (Fsp3) is 1.00. The molecule has 0 aliphatic carbocycles. The number of rotatable bonds is 3. The van der Waals surface area contributed by atoms with Crippen molar-refractivity contribution in [1.82, 2.24) is 9.80 Å². The topological polar surface area (TPSA) is 32.5 Å². The Morgan fingerprint density at radius 3 is 2.59 bits per heavy atom. The van der Waals surface area contributed by atoms with Crippen LogP contribution in [0.15, 0.2) is 0 Å².